The summed E-state index contributed by atoms with van der Waals surface area (Å²) >= 11 is 0. The van der Waals surface area contributed by atoms with Gasteiger partial charge in [0.05, 0.1) is 18.1 Å². The summed E-state index contributed by atoms with van der Waals surface area (Å²) in [6.45, 7) is 9.64. The number of esters is 1. The first-order valence-electron chi connectivity index (χ1n) is 10.0. The second-order valence-electron chi connectivity index (χ2n) is 6.94. The first-order chi connectivity index (χ1) is 13.5. The highest BCUT2D eigenvalue weighted by Crippen LogP contribution is 2.24. The number of ether oxygens (including phenoxy) is 2. The normalized spacial score (nSPS) is 15.4. The number of benzene rings is 1. The number of hydrogen-bond acceptors (Lipinski definition) is 7. The molecule has 0 atom stereocenters. The van der Waals surface area contributed by atoms with Crippen molar-refractivity contribution in [3.8, 4) is 5.75 Å². The smallest absolute Gasteiger partial charge is 0.320 e. The van der Waals surface area contributed by atoms with E-state index < -0.39 is 0 Å². The van der Waals surface area contributed by atoms with Gasteiger partial charge >= 0.3 is 5.97 Å². The largest absolute Gasteiger partial charge is 0.492 e. The van der Waals surface area contributed by atoms with Crippen molar-refractivity contribution in [2.75, 3.05) is 52.5 Å². The van der Waals surface area contributed by atoms with Crippen LogP contribution in [0.1, 0.15) is 32.3 Å². The summed E-state index contributed by atoms with van der Waals surface area (Å²) in [7, 11) is 0. The van der Waals surface area contributed by atoms with Gasteiger partial charge in [0.15, 0.2) is 0 Å². The van der Waals surface area contributed by atoms with Crippen molar-refractivity contribution in [2.24, 2.45) is 0 Å². The minimum atomic E-state index is -0.387. The quantitative estimate of drug-likeness (QED) is 0.247. The van der Waals surface area contributed by atoms with Crippen LogP contribution in [0.5, 0.6) is 5.75 Å². The number of carbonyl (C=O) groups is 1. The molecule has 0 amide bonds. The molecule has 1 aliphatic rings. The molecule has 28 heavy (non-hydrogen) atoms. The van der Waals surface area contributed by atoms with E-state index in [0.29, 0.717) is 31.9 Å². The van der Waals surface area contributed by atoms with Crippen LogP contribution in [0.2, 0.25) is 0 Å². The zero-order chi connectivity index (χ0) is 20.4. The Labute approximate surface area is 166 Å². The van der Waals surface area contributed by atoms with Gasteiger partial charge in [0.25, 0.3) is 5.69 Å². The van der Waals surface area contributed by atoms with Gasteiger partial charge in [-0.15, -0.1) is 0 Å². The topological polar surface area (TPSA) is 85.2 Å². The van der Waals surface area contributed by atoms with E-state index in [0.717, 1.165) is 51.1 Å². The first-order valence-corrected chi connectivity index (χ1v) is 10.0. The second kappa shape index (κ2) is 11.6. The van der Waals surface area contributed by atoms with Crippen molar-refractivity contribution in [2.45, 2.75) is 33.1 Å². The molecule has 0 saturated carbocycles. The number of carbonyl (C=O) groups excluding carboxylic acids is 1. The lowest BCUT2D eigenvalue weighted by atomic mass is 10.1. The molecule has 0 aliphatic carbocycles. The molecule has 8 nitrogen and oxygen atoms in total. The van der Waals surface area contributed by atoms with Crippen LogP contribution in [0, 0.1) is 10.1 Å². The zero-order valence-corrected chi connectivity index (χ0v) is 16.9. The van der Waals surface area contributed by atoms with Gasteiger partial charge in [-0.1, -0.05) is 20.3 Å². The van der Waals surface area contributed by atoms with Gasteiger partial charge in [0.2, 0.25) is 0 Å². The predicted octanol–water partition coefficient (Wildman–Crippen LogP) is 2.50. The molecule has 1 aliphatic heterocycles. The molecule has 1 aromatic rings. The summed E-state index contributed by atoms with van der Waals surface area (Å²) < 4.78 is 11.1. The van der Waals surface area contributed by atoms with Gasteiger partial charge in [0, 0.05) is 50.4 Å². The first kappa shape index (κ1) is 22.1. The monoisotopic (exact) mass is 393 g/mol. The number of piperazine rings is 1. The Morgan fingerprint density at radius 1 is 1.14 bits per heavy atom. The number of nitro groups is 1. The summed E-state index contributed by atoms with van der Waals surface area (Å²) in [5.74, 6) is 0.567. The van der Waals surface area contributed by atoms with Crippen molar-refractivity contribution < 1.29 is 19.2 Å². The highest BCUT2D eigenvalue weighted by atomic mass is 16.6. The summed E-state index contributed by atoms with van der Waals surface area (Å²) in [5, 5.41) is 10.9. The minimum absolute atomic E-state index is 0.0912. The molecule has 0 unspecified atom stereocenters. The molecule has 1 saturated heterocycles. The SMILES string of the molecule is CCCCOC(=O)CN1CCN(CCOc2ccc([N+](=O)[O-])cc2CC)CC1. The Morgan fingerprint density at radius 2 is 1.86 bits per heavy atom. The molecular formula is C20H31N3O5. The molecule has 1 aromatic carbocycles. The molecule has 1 heterocycles. The fraction of sp³-hybridized carbons (Fsp3) is 0.650. The molecule has 0 bridgehead atoms. The second-order valence-corrected chi connectivity index (χ2v) is 6.94. The van der Waals surface area contributed by atoms with E-state index in [1.165, 1.54) is 6.07 Å². The van der Waals surface area contributed by atoms with Gasteiger partial charge in [-0.05, 0) is 18.9 Å². The molecule has 0 N–H and O–H groups in total. The van der Waals surface area contributed by atoms with E-state index >= 15 is 0 Å². The van der Waals surface area contributed by atoms with Crippen LogP contribution in [-0.4, -0.2) is 73.2 Å². The standard InChI is InChI=1S/C20H31N3O5/c1-3-5-13-28-20(24)16-22-10-8-21(9-11-22)12-14-27-19-7-6-18(23(25)26)15-17(19)4-2/h6-7,15H,3-5,8-14,16H2,1-2H3. The Hall–Kier alpha value is -2.19. The summed E-state index contributed by atoms with van der Waals surface area (Å²) in [6.07, 6.45) is 2.62. The van der Waals surface area contributed by atoms with Gasteiger partial charge in [-0.3, -0.25) is 24.7 Å². The van der Waals surface area contributed by atoms with Crippen LogP contribution in [0.25, 0.3) is 0 Å². The van der Waals surface area contributed by atoms with E-state index in [1.807, 2.05) is 6.92 Å². The van der Waals surface area contributed by atoms with Crippen LogP contribution in [0.3, 0.4) is 0 Å². The third kappa shape index (κ3) is 7.09. The van der Waals surface area contributed by atoms with Gasteiger partial charge in [0.1, 0.15) is 12.4 Å². The predicted molar refractivity (Wildman–Crippen MR) is 107 cm³/mol. The van der Waals surface area contributed by atoms with Crippen LogP contribution in [-0.2, 0) is 16.0 Å². The maximum absolute atomic E-state index is 11.8. The average Bonchev–Trinajstić information content (AvgIpc) is 2.69. The third-order valence-corrected chi connectivity index (χ3v) is 4.88. The van der Waals surface area contributed by atoms with Crippen LogP contribution in [0.15, 0.2) is 18.2 Å². The van der Waals surface area contributed by atoms with Crippen molar-refractivity contribution in [3.05, 3.63) is 33.9 Å². The number of non-ortho nitro benzene ring substituents is 1. The van der Waals surface area contributed by atoms with E-state index in [2.05, 4.69) is 16.7 Å². The Balaban J connectivity index is 1.69. The summed E-state index contributed by atoms with van der Waals surface area (Å²) in [4.78, 5) is 26.7. The number of rotatable bonds is 11. The fourth-order valence-corrected chi connectivity index (χ4v) is 3.11. The number of hydrogen-bond donors (Lipinski definition) is 0. The third-order valence-electron chi connectivity index (χ3n) is 4.88. The molecule has 0 aromatic heterocycles. The van der Waals surface area contributed by atoms with Crippen molar-refractivity contribution in [1.29, 1.82) is 0 Å². The zero-order valence-electron chi connectivity index (χ0n) is 16.9. The maximum Gasteiger partial charge on any atom is 0.320 e. The molecule has 0 spiro atoms. The van der Waals surface area contributed by atoms with E-state index in [-0.39, 0.29) is 16.6 Å². The molecular weight excluding hydrogens is 362 g/mol. The van der Waals surface area contributed by atoms with Crippen LogP contribution >= 0.6 is 0 Å². The highest BCUT2D eigenvalue weighted by molar-refractivity contribution is 5.71. The number of nitro benzene ring substituents is 1. The lowest BCUT2D eigenvalue weighted by molar-refractivity contribution is -0.384. The summed E-state index contributed by atoms with van der Waals surface area (Å²) in [5.41, 5.74) is 0.939. The van der Waals surface area contributed by atoms with Crippen LogP contribution < -0.4 is 4.74 Å². The maximum atomic E-state index is 11.8. The molecule has 156 valence electrons. The molecule has 2 rings (SSSR count). The van der Waals surface area contributed by atoms with Crippen molar-refractivity contribution in [1.82, 2.24) is 9.80 Å². The Morgan fingerprint density at radius 3 is 2.50 bits per heavy atom. The van der Waals surface area contributed by atoms with Gasteiger partial charge < -0.3 is 9.47 Å². The molecule has 8 heteroatoms. The van der Waals surface area contributed by atoms with E-state index in [9.17, 15) is 14.9 Å². The lowest BCUT2D eigenvalue weighted by Crippen LogP contribution is -2.49. The average molecular weight is 393 g/mol. The Bertz CT molecular complexity index is 645. The Kier molecular flexibility index (Phi) is 9.16. The van der Waals surface area contributed by atoms with Gasteiger partial charge in [-0.25, -0.2) is 0 Å². The van der Waals surface area contributed by atoms with E-state index in [4.69, 9.17) is 9.47 Å². The number of unbranched alkanes of at least 4 members (excludes halogenated alkanes) is 1. The highest BCUT2D eigenvalue weighted by Gasteiger charge is 2.19. The number of aryl methyl sites for hydroxylation is 1. The minimum Gasteiger partial charge on any atom is -0.492 e. The van der Waals surface area contributed by atoms with Crippen molar-refractivity contribution >= 4 is 11.7 Å². The van der Waals surface area contributed by atoms with E-state index in [1.54, 1.807) is 12.1 Å². The van der Waals surface area contributed by atoms with Crippen molar-refractivity contribution in [3.63, 3.8) is 0 Å². The van der Waals surface area contributed by atoms with Gasteiger partial charge in [-0.2, -0.15) is 0 Å². The lowest BCUT2D eigenvalue weighted by Gasteiger charge is -2.33. The molecule has 1 fully saturated rings. The summed E-state index contributed by atoms with van der Waals surface area (Å²) in [6, 6.07) is 4.74. The molecule has 0 radical (unpaired) electrons. The number of nitrogens with zero attached hydrogens (tertiary/aromatic N) is 3. The van der Waals surface area contributed by atoms with Crippen LogP contribution in [0.4, 0.5) is 5.69 Å². The fourth-order valence-electron chi connectivity index (χ4n) is 3.11.